The molecule has 0 radical (unpaired) electrons. The first-order valence-electron chi connectivity index (χ1n) is 7.56. The molecule has 20 heavy (non-hydrogen) atoms. The first kappa shape index (κ1) is 13.5. The van der Waals surface area contributed by atoms with Crippen molar-refractivity contribution in [2.45, 2.75) is 56.7 Å². The van der Waals surface area contributed by atoms with E-state index in [9.17, 15) is 0 Å². The number of hydrogen-bond acceptors (Lipinski definition) is 3. The normalized spacial score (nSPS) is 23.9. The summed E-state index contributed by atoms with van der Waals surface area (Å²) in [5, 5.41) is 8.64. The lowest BCUT2D eigenvalue weighted by Gasteiger charge is -2.23. The molecule has 1 aromatic rings. The van der Waals surface area contributed by atoms with Crippen molar-refractivity contribution in [2.75, 3.05) is 6.61 Å². The van der Waals surface area contributed by atoms with Crippen LogP contribution in [0.25, 0.3) is 0 Å². The third kappa shape index (κ3) is 2.96. The van der Waals surface area contributed by atoms with E-state index < -0.39 is 0 Å². The highest BCUT2D eigenvalue weighted by Crippen LogP contribution is 2.43. The van der Waals surface area contributed by atoms with Crippen LogP contribution in [-0.2, 0) is 11.2 Å². The molecule has 1 heterocycles. The first-order valence-corrected chi connectivity index (χ1v) is 7.56. The molecule has 1 unspecified atom stereocenters. The van der Waals surface area contributed by atoms with Gasteiger partial charge in [-0.2, -0.15) is 5.26 Å². The lowest BCUT2D eigenvalue weighted by atomic mass is 9.98. The van der Waals surface area contributed by atoms with Crippen LogP contribution < -0.4 is 4.74 Å². The van der Waals surface area contributed by atoms with Crippen molar-refractivity contribution in [3.8, 4) is 11.8 Å². The van der Waals surface area contributed by atoms with Crippen molar-refractivity contribution in [1.29, 1.82) is 5.26 Å². The standard InChI is InChI=1S/C17H21NO2/c18-12-8-14-3-5-15(6-4-14)19-13-16-7-11-17(20-16)9-1-2-10-17/h3-6,16H,1-2,7-11,13H2. The molecule has 0 aromatic heterocycles. The Morgan fingerprint density at radius 2 is 1.95 bits per heavy atom. The summed E-state index contributed by atoms with van der Waals surface area (Å²) in [5.41, 5.74) is 1.21. The fourth-order valence-corrected chi connectivity index (χ4v) is 3.38. The number of nitrogens with zero attached hydrogens (tertiary/aromatic N) is 1. The van der Waals surface area contributed by atoms with Gasteiger partial charge < -0.3 is 9.47 Å². The van der Waals surface area contributed by atoms with Crippen LogP contribution in [0.1, 0.15) is 44.1 Å². The molecule has 3 heteroatoms. The van der Waals surface area contributed by atoms with E-state index in [2.05, 4.69) is 6.07 Å². The zero-order valence-corrected chi connectivity index (χ0v) is 11.8. The highest BCUT2D eigenvalue weighted by atomic mass is 16.6. The monoisotopic (exact) mass is 271 g/mol. The van der Waals surface area contributed by atoms with Gasteiger partial charge in [0.15, 0.2) is 0 Å². The third-order valence-corrected chi connectivity index (χ3v) is 4.50. The summed E-state index contributed by atoms with van der Waals surface area (Å²) in [6, 6.07) is 9.92. The zero-order valence-electron chi connectivity index (χ0n) is 11.8. The lowest BCUT2D eigenvalue weighted by molar-refractivity contribution is -0.0508. The van der Waals surface area contributed by atoms with Gasteiger partial charge in [0.1, 0.15) is 12.4 Å². The zero-order chi connectivity index (χ0) is 13.8. The molecule has 1 atom stereocenters. The van der Waals surface area contributed by atoms with E-state index in [0.29, 0.717) is 13.0 Å². The van der Waals surface area contributed by atoms with Crippen molar-refractivity contribution in [3.63, 3.8) is 0 Å². The van der Waals surface area contributed by atoms with Crippen LogP contribution in [0.3, 0.4) is 0 Å². The van der Waals surface area contributed by atoms with Crippen LogP contribution >= 0.6 is 0 Å². The highest BCUT2D eigenvalue weighted by molar-refractivity contribution is 5.28. The topological polar surface area (TPSA) is 42.2 Å². The minimum atomic E-state index is 0.185. The molecular weight excluding hydrogens is 250 g/mol. The second kappa shape index (κ2) is 5.85. The van der Waals surface area contributed by atoms with Gasteiger partial charge >= 0.3 is 0 Å². The Morgan fingerprint density at radius 1 is 1.20 bits per heavy atom. The average molecular weight is 271 g/mol. The summed E-state index contributed by atoms with van der Waals surface area (Å²) < 4.78 is 12.0. The molecule has 2 fully saturated rings. The number of rotatable bonds is 4. The second-order valence-corrected chi connectivity index (χ2v) is 5.96. The predicted molar refractivity (Wildman–Crippen MR) is 76.6 cm³/mol. The Kier molecular flexibility index (Phi) is 3.93. The number of benzene rings is 1. The summed E-state index contributed by atoms with van der Waals surface area (Å²) in [5.74, 6) is 0.864. The van der Waals surface area contributed by atoms with Crippen molar-refractivity contribution >= 4 is 0 Å². The van der Waals surface area contributed by atoms with Gasteiger partial charge in [-0.25, -0.2) is 0 Å². The van der Waals surface area contributed by atoms with Crippen molar-refractivity contribution in [2.24, 2.45) is 0 Å². The van der Waals surface area contributed by atoms with E-state index in [1.807, 2.05) is 24.3 Å². The maximum atomic E-state index is 8.64. The Hall–Kier alpha value is -1.53. The number of nitriles is 1. The maximum Gasteiger partial charge on any atom is 0.119 e. The van der Waals surface area contributed by atoms with Crippen molar-refractivity contribution < 1.29 is 9.47 Å². The van der Waals surface area contributed by atoms with Crippen molar-refractivity contribution in [3.05, 3.63) is 29.8 Å². The lowest BCUT2D eigenvalue weighted by Crippen LogP contribution is -2.27. The summed E-state index contributed by atoms with van der Waals surface area (Å²) in [4.78, 5) is 0. The van der Waals surface area contributed by atoms with Crippen LogP contribution in [-0.4, -0.2) is 18.3 Å². The molecular formula is C17H21NO2. The Labute approximate surface area is 120 Å². The van der Waals surface area contributed by atoms with Gasteiger partial charge in [0, 0.05) is 0 Å². The predicted octanol–water partition coefficient (Wildman–Crippen LogP) is 3.62. The smallest absolute Gasteiger partial charge is 0.119 e. The minimum absolute atomic E-state index is 0.185. The maximum absolute atomic E-state index is 8.64. The molecule has 1 aliphatic heterocycles. The molecule has 0 amide bonds. The van der Waals surface area contributed by atoms with E-state index >= 15 is 0 Å². The molecule has 1 saturated heterocycles. The summed E-state index contributed by atoms with van der Waals surface area (Å²) >= 11 is 0. The van der Waals surface area contributed by atoms with Gasteiger partial charge in [0.2, 0.25) is 0 Å². The van der Waals surface area contributed by atoms with Crippen LogP contribution in [0.15, 0.2) is 24.3 Å². The summed E-state index contributed by atoms with van der Waals surface area (Å²) in [7, 11) is 0. The summed E-state index contributed by atoms with van der Waals surface area (Å²) in [6.45, 7) is 0.638. The van der Waals surface area contributed by atoms with Gasteiger partial charge in [-0.05, 0) is 43.4 Å². The van der Waals surface area contributed by atoms with Gasteiger partial charge in [-0.3, -0.25) is 0 Å². The molecule has 0 N–H and O–H groups in total. The SMILES string of the molecule is N#CCc1ccc(OCC2CCC3(CCCC3)O2)cc1. The first-order chi connectivity index (χ1) is 9.80. The van der Waals surface area contributed by atoms with Crippen LogP contribution in [0.5, 0.6) is 5.75 Å². The molecule has 3 nitrogen and oxygen atoms in total. The Morgan fingerprint density at radius 3 is 2.65 bits per heavy atom. The van der Waals surface area contributed by atoms with Gasteiger partial charge in [0.25, 0.3) is 0 Å². The summed E-state index contributed by atoms with van der Waals surface area (Å²) in [6.07, 6.45) is 8.09. The van der Waals surface area contributed by atoms with E-state index in [0.717, 1.165) is 17.7 Å². The van der Waals surface area contributed by atoms with Gasteiger partial charge in [-0.15, -0.1) is 0 Å². The van der Waals surface area contributed by atoms with E-state index in [-0.39, 0.29) is 11.7 Å². The fourth-order valence-electron chi connectivity index (χ4n) is 3.38. The van der Waals surface area contributed by atoms with E-state index in [1.54, 1.807) is 0 Å². The molecule has 0 bridgehead atoms. The minimum Gasteiger partial charge on any atom is -0.491 e. The average Bonchev–Trinajstić information content (AvgIpc) is 3.09. The molecule has 1 saturated carbocycles. The molecule has 1 spiro atoms. The Bertz CT molecular complexity index is 483. The van der Waals surface area contributed by atoms with Gasteiger partial charge in [0.05, 0.1) is 24.2 Å². The second-order valence-electron chi connectivity index (χ2n) is 5.96. The number of hydrogen-bond donors (Lipinski definition) is 0. The highest BCUT2D eigenvalue weighted by Gasteiger charge is 2.42. The molecule has 3 rings (SSSR count). The van der Waals surface area contributed by atoms with Crippen LogP contribution in [0.2, 0.25) is 0 Å². The quantitative estimate of drug-likeness (QED) is 0.840. The van der Waals surface area contributed by atoms with Gasteiger partial charge in [-0.1, -0.05) is 25.0 Å². The Balaban J connectivity index is 1.49. The molecule has 2 aliphatic rings. The largest absolute Gasteiger partial charge is 0.491 e. The fraction of sp³-hybridized carbons (Fsp3) is 0.588. The van der Waals surface area contributed by atoms with E-state index in [4.69, 9.17) is 14.7 Å². The van der Waals surface area contributed by atoms with Crippen LogP contribution in [0.4, 0.5) is 0 Å². The number of ether oxygens (including phenoxy) is 2. The molecule has 106 valence electrons. The van der Waals surface area contributed by atoms with Crippen LogP contribution in [0, 0.1) is 11.3 Å². The van der Waals surface area contributed by atoms with Crippen molar-refractivity contribution in [1.82, 2.24) is 0 Å². The van der Waals surface area contributed by atoms with E-state index in [1.165, 1.54) is 32.1 Å². The molecule has 1 aliphatic carbocycles. The third-order valence-electron chi connectivity index (χ3n) is 4.50. The molecule has 1 aromatic carbocycles.